The molecule has 3 N–H and O–H groups in total. The van der Waals surface area contributed by atoms with Crippen molar-refractivity contribution in [1.82, 2.24) is 14.9 Å². The first-order valence-corrected chi connectivity index (χ1v) is 7.55. The molecule has 19 heavy (non-hydrogen) atoms. The third kappa shape index (κ3) is 3.18. The van der Waals surface area contributed by atoms with E-state index in [9.17, 15) is 13.2 Å². The Bertz CT molecular complexity index is 587. The van der Waals surface area contributed by atoms with Crippen molar-refractivity contribution in [2.45, 2.75) is 6.92 Å². The number of hydrogen-bond donors (Lipinski definition) is 2. The standard InChI is InChI=1S/C10H15N5O3S/c1-7-6-8(13-10(12-7)14-11)9(16)15-2-4-19(17,18)5-3-15/h6H,2-5,11H2,1H3,(H,12,13,14). The van der Waals surface area contributed by atoms with Crippen LogP contribution in [0.1, 0.15) is 16.2 Å². The molecule has 0 aliphatic carbocycles. The molecule has 0 bridgehead atoms. The first-order valence-electron chi connectivity index (χ1n) is 5.73. The largest absolute Gasteiger partial charge is 0.335 e. The molecule has 8 nitrogen and oxygen atoms in total. The number of nitrogen functional groups attached to an aromatic ring is 1. The predicted molar refractivity (Wildman–Crippen MR) is 69.1 cm³/mol. The summed E-state index contributed by atoms with van der Waals surface area (Å²) in [6.45, 7) is 2.10. The fourth-order valence-corrected chi connectivity index (χ4v) is 3.02. The molecular weight excluding hydrogens is 270 g/mol. The van der Waals surface area contributed by atoms with Crippen LogP contribution in [0.2, 0.25) is 0 Å². The molecular formula is C10H15N5O3S. The van der Waals surface area contributed by atoms with Gasteiger partial charge in [-0.25, -0.2) is 24.2 Å². The third-order valence-electron chi connectivity index (χ3n) is 2.83. The molecule has 0 saturated carbocycles. The van der Waals surface area contributed by atoms with Gasteiger partial charge < -0.3 is 4.90 Å². The van der Waals surface area contributed by atoms with Crippen LogP contribution in [0.4, 0.5) is 5.95 Å². The van der Waals surface area contributed by atoms with Crippen molar-refractivity contribution in [3.8, 4) is 0 Å². The highest BCUT2D eigenvalue weighted by Crippen LogP contribution is 2.10. The minimum absolute atomic E-state index is 0.00913. The fourth-order valence-electron chi connectivity index (χ4n) is 1.82. The van der Waals surface area contributed by atoms with E-state index in [0.717, 1.165) is 0 Å². The predicted octanol–water partition coefficient (Wildman–Crippen LogP) is -1.06. The zero-order valence-electron chi connectivity index (χ0n) is 10.5. The zero-order chi connectivity index (χ0) is 14.0. The molecule has 1 aliphatic rings. The van der Waals surface area contributed by atoms with Crippen LogP contribution in [-0.2, 0) is 9.84 Å². The number of hydrogen-bond acceptors (Lipinski definition) is 7. The molecule has 1 fully saturated rings. The first-order chi connectivity index (χ1) is 8.91. The highest BCUT2D eigenvalue weighted by Gasteiger charge is 2.26. The number of hydrazine groups is 1. The number of aryl methyl sites for hydroxylation is 1. The summed E-state index contributed by atoms with van der Waals surface area (Å²) in [6, 6.07) is 1.55. The second-order valence-corrected chi connectivity index (χ2v) is 6.61. The number of carbonyl (C=O) groups is 1. The summed E-state index contributed by atoms with van der Waals surface area (Å²) in [6.07, 6.45) is 0. The molecule has 1 amide bonds. The Balaban J connectivity index is 2.18. The lowest BCUT2D eigenvalue weighted by atomic mass is 10.3. The SMILES string of the molecule is Cc1cc(C(=O)N2CCS(=O)(=O)CC2)nc(NN)n1. The monoisotopic (exact) mass is 285 g/mol. The molecule has 104 valence electrons. The van der Waals surface area contributed by atoms with Crippen LogP contribution in [0.5, 0.6) is 0 Å². The molecule has 1 aromatic heterocycles. The van der Waals surface area contributed by atoms with E-state index in [-0.39, 0.29) is 42.1 Å². The third-order valence-corrected chi connectivity index (χ3v) is 4.44. The van der Waals surface area contributed by atoms with Gasteiger partial charge in [-0.1, -0.05) is 0 Å². The lowest BCUT2D eigenvalue weighted by molar-refractivity contribution is 0.0764. The van der Waals surface area contributed by atoms with E-state index in [4.69, 9.17) is 5.84 Å². The number of aromatic nitrogens is 2. The van der Waals surface area contributed by atoms with Crippen LogP contribution in [0, 0.1) is 6.92 Å². The van der Waals surface area contributed by atoms with Gasteiger partial charge in [-0.15, -0.1) is 0 Å². The van der Waals surface area contributed by atoms with Crippen LogP contribution in [0.15, 0.2) is 6.07 Å². The van der Waals surface area contributed by atoms with Gasteiger partial charge in [-0.3, -0.25) is 10.2 Å². The minimum Gasteiger partial charge on any atom is -0.335 e. The maximum atomic E-state index is 12.2. The van der Waals surface area contributed by atoms with E-state index in [1.54, 1.807) is 13.0 Å². The Labute approximate surface area is 110 Å². The summed E-state index contributed by atoms with van der Waals surface area (Å²) in [7, 11) is -3.01. The average Bonchev–Trinajstić information content (AvgIpc) is 2.37. The number of nitrogens with zero attached hydrogens (tertiary/aromatic N) is 3. The Morgan fingerprint density at radius 3 is 2.58 bits per heavy atom. The molecule has 2 heterocycles. The molecule has 2 rings (SSSR count). The van der Waals surface area contributed by atoms with Crippen LogP contribution in [0.25, 0.3) is 0 Å². The summed E-state index contributed by atoms with van der Waals surface area (Å²) in [4.78, 5) is 21.6. The van der Waals surface area contributed by atoms with Crippen molar-refractivity contribution in [2.75, 3.05) is 30.0 Å². The number of rotatable bonds is 2. The van der Waals surface area contributed by atoms with Crippen molar-refractivity contribution in [3.05, 3.63) is 17.5 Å². The summed E-state index contributed by atoms with van der Waals surface area (Å²) < 4.78 is 22.6. The van der Waals surface area contributed by atoms with Crippen molar-refractivity contribution >= 4 is 21.7 Å². The van der Waals surface area contributed by atoms with E-state index >= 15 is 0 Å². The van der Waals surface area contributed by atoms with E-state index in [0.29, 0.717) is 5.69 Å². The van der Waals surface area contributed by atoms with Gasteiger partial charge in [0.1, 0.15) is 5.69 Å². The van der Waals surface area contributed by atoms with E-state index in [1.807, 2.05) is 0 Å². The number of anilines is 1. The van der Waals surface area contributed by atoms with Gasteiger partial charge in [0.25, 0.3) is 5.91 Å². The van der Waals surface area contributed by atoms with Gasteiger partial charge in [0.15, 0.2) is 9.84 Å². The number of nitrogens with two attached hydrogens (primary N) is 1. The molecule has 9 heteroatoms. The van der Waals surface area contributed by atoms with E-state index < -0.39 is 9.84 Å². The van der Waals surface area contributed by atoms with Gasteiger partial charge in [0.2, 0.25) is 5.95 Å². The van der Waals surface area contributed by atoms with Crippen LogP contribution in [-0.4, -0.2) is 53.8 Å². The van der Waals surface area contributed by atoms with Crippen molar-refractivity contribution in [2.24, 2.45) is 5.84 Å². The van der Waals surface area contributed by atoms with Gasteiger partial charge in [-0.05, 0) is 13.0 Å². The van der Waals surface area contributed by atoms with Gasteiger partial charge in [0.05, 0.1) is 11.5 Å². The van der Waals surface area contributed by atoms with Crippen molar-refractivity contribution in [1.29, 1.82) is 0 Å². The van der Waals surface area contributed by atoms with Crippen molar-refractivity contribution in [3.63, 3.8) is 0 Å². The first kappa shape index (κ1) is 13.7. The van der Waals surface area contributed by atoms with Crippen LogP contribution < -0.4 is 11.3 Å². The molecule has 0 aromatic carbocycles. The van der Waals surface area contributed by atoms with Gasteiger partial charge >= 0.3 is 0 Å². The lowest BCUT2D eigenvalue weighted by Gasteiger charge is -2.26. The maximum absolute atomic E-state index is 12.2. The highest BCUT2D eigenvalue weighted by molar-refractivity contribution is 7.91. The Hall–Kier alpha value is -1.74. The Morgan fingerprint density at radius 2 is 2.00 bits per heavy atom. The summed E-state index contributed by atoms with van der Waals surface area (Å²) in [5.74, 6) is 5.06. The second kappa shape index (κ2) is 5.10. The quantitative estimate of drug-likeness (QED) is 0.525. The topological polar surface area (TPSA) is 118 Å². The molecule has 1 saturated heterocycles. The van der Waals surface area contributed by atoms with Crippen LogP contribution >= 0.6 is 0 Å². The second-order valence-electron chi connectivity index (χ2n) is 4.31. The summed E-state index contributed by atoms with van der Waals surface area (Å²) in [5, 5.41) is 0. The normalized spacial score (nSPS) is 18.1. The lowest BCUT2D eigenvalue weighted by Crippen LogP contribution is -2.44. The number of carbonyl (C=O) groups excluding carboxylic acids is 1. The van der Waals surface area contributed by atoms with Gasteiger partial charge in [0, 0.05) is 18.8 Å². The minimum atomic E-state index is -3.01. The molecule has 0 radical (unpaired) electrons. The summed E-state index contributed by atoms with van der Waals surface area (Å²) in [5.41, 5.74) is 3.11. The van der Waals surface area contributed by atoms with Gasteiger partial charge in [-0.2, -0.15) is 0 Å². The molecule has 1 aliphatic heterocycles. The smallest absolute Gasteiger partial charge is 0.272 e. The van der Waals surface area contributed by atoms with E-state index in [1.165, 1.54) is 4.90 Å². The molecule has 0 unspecified atom stereocenters. The number of nitrogens with one attached hydrogen (secondary N) is 1. The van der Waals surface area contributed by atoms with Crippen LogP contribution in [0.3, 0.4) is 0 Å². The highest BCUT2D eigenvalue weighted by atomic mass is 32.2. The van der Waals surface area contributed by atoms with E-state index in [2.05, 4.69) is 15.4 Å². The fraction of sp³-hybridized carbons (Fsp3) is 0.500. The van der Waals surface area contributed by atoms with Crippen molar-refractivity contribution < 1.29 is 13.2 Å². The average molecular weight is 285 g/mol. The number of amides is 1. The maximum Gasteiger partial charge on any atom is 0.272 e. The molecule has 1 aromatic rings. The molecule has 0 atom stereocenters. The Morgan fingerprint density at radius 1 is 1.37 bits per heavy atom. The number of sulfone groups is 1. The summed E-state index contributed by atoms with van der Waals surface area (Å²) >= 11 is 0. The zero-order valence-corrected chi connectivity index (χ0v) is 11.3. The Kier molecular flexibility index (Phi) is 3.67. The molecule has 0 spiro atoms.